The number of nitrogens with zero attached hydrogens (tertiary/aromatic N) is 2. The molecule has 0 spiro atoms. The molecule has 4 rings (SSSR count). The smallest absolute Gasteiger partial charge is 0.266 e. The highest BCUT2D eigenvalue weighted by Crippen LogP contribution is 2.35. The quantitative estimate of drug-likeness (QED) is 0.435. The maximum atomic E-state index is 14.9. The van der Waals surface area contributed by atoms with Crippen LogP contribution in [0.5, 0.6) is 0 Å². The summed E-state index contributed by atoms with van der Waals surface area (Å²) >= 11 is 7.15. The summed E-state index contributed by atoms with van der Waals surface area (Å²) < 4.78 is 67.2. The van der Waals surface area contributed by atoms with Gasteiger partial charge >= 0.3 is 0 Å². The number of aryl methyl sites for hydroxylation is 1. The van der Waals surface area contributed by atoms with E-state index in [0.717, 1.165) is 17.6 Å². The van der Waals surface area contributed by atoms with Gasteiger partial charge in [-0.2, -0.15) is 0 Å². The van der Waals surface area contributed by atoms with Gasteiger partial charge in [-0.25, -0.2) is 21.6 Å². The molecular weight excluding hydrogens is 525 g/mol. The third kappa shape index (κ3) is 6.06. The number of thiophene rings is 1. The number of halogens is 4. The number of carbonyl (C=O) groups is 1. The van der Waals surface area contributed by atoms with Crippen LogP contribution >= 0.6 is 22.9 Å². The standard InChI is InChI=1S/C22H20ClF3N4O3S2/c1-12-17(20-18(24)8-16(10-27-20)30-4-3-22(25,26)11-30)9-19(34-12)21(31)28-14-5-13(23)6-15(7-14)29-35(2,32)33/h5-10,29H,3-4,11H2,1-2H3,(H,28,31). The molecule has 2 N–H and O–H groups in total. The Labute approximate surface area is 209 Å². The first-order chi connectivity index (χ1) is 16.3. The molecule has 0 unspecified atom stereocenters. The average molecular weight is 545 g/mol. The van der Waals surface area contributed by atoms with E-state index in [-0.39, 0.29) is 45.6 Å². The zero-order valence-electron chi connectivity index (χ0n) is 18.5. The van der Waals surface area contributed by atoms with Gasteiger partial charge in [0, 0.05) is 40.2 Å². The Morgan fingerprint density at radius 1 is 1.20 bits per heavy atom. The lowest BCUT2D eigenvalue weighted by Gasteiger charge is -2.18. The van der Waals surface area contributed by atoms with E-state index in [0.29, 0.717) is 10.4 Å². The number of pyridine rings is 1. The van der Waals surface area contributed by atoms with Gasteiger partial charge < -0.3 is 10.2 Å². The summed E-state index contributed by atoms with van der Waals surface area (Å²) in [6, 6.07) is 6.92. The monoisotopic (exact) mass is 544 g/mol. The molecule has 1 saturated heterocycles. The summed E-state index contributed by atoms with van der Waals surface area (Å²) in [5.74, 6) is -4.00. The fourth-order valence-corrected chi connectivity index (χ4v) is 5.41. The van der Waals surface area contributed by atoms with Crippen LogP contribution in [0.1, 0.15) is 21.0 Å². The molecule has 0 aliphatic carbocycles. The van der Waals surface area contributed by atoms with Crippen molar-refractivity contribution in [3.05, 3.63) is 57.1 Å². The van der Waals surface area contributed by atoms with Crippen LogP contribution < -0.4 is 14.9 Å². The summed E-state index contributed by atoms with van der Waals surface area (Å²) in [7, 11) is -3.54. The molecule has 1 aliphatic rings. The maximum absolute atomic E-state index is 14.9. The molecule has 3 aromatic rings. The summed E-state index contributed by atoms with van der Waals surface area (Å²) in [6.45, 7) is 1.33. The van der Waals surface area contributed by atoms with E-state index in [2.05, 4.69) is 15.0 Å². The summed E-state index contributed by atoms with van der Waals surface area (Å²) in [6.07, 6.45) is 2.04. The fourth-order valence-electron chi connectivity index (χ4n) is 3.71. The van der Waals surface area contributed by atoms with E-state index in [9.17, 15) is 26.4 Å². The van der Waals surface area contributed by atoms with Gasteiger partial charge in [-0.05, 0) is 31.2 Å². The minimum atomic E-state index is -3.54. The van der Waals surface area contributed by atoms with Crippen molar-refractivity contribution in [2.24, 2.45) is 0 Å². The number of rotatable bonds is 6. The second kappa shape index (κ2) is 9.32. The van der Waals surface area contributed by atoms with Crippen LogP contribution in [0, 0.1) is 12.7 Å². The molecule has 35 heavy (non-hydrogen) atoms. The van der Waals surface area contributed by atoms with Gasteiger partial charge in [0.25, 0.3) is 11.8 Å². The first kappa shape index (κ1) is 25.3. The highest BCUT2D eigenvalue weighted by Gasteiger charge is 2.38. The van der Waals surface area contributed by atoms with Crippen molar-refractivity contribution in [1.29, 1.82) is 0 Å². The third-order valence-electron chi connectivity index (χ3n) is 5.22. The third-order valence-corrected chi connectivity index (χ3v) is 7.09. The van der Waals surface area contributed by atoms with Gasteiger partial charge in [-0.1, -0.05) is 11.6 Å². The largest absolute Gasteiger partial charge is 0.364 e. The number of benzene rings is 1. The zero-order chi connectivity index (χ0) is 25.5. The van der Waals surface area contributed by atoms with Crippen molar-refractivity contribution < 1.29 is 26.4 Å². The Hall–Kier alpha value is -2.83. The maximum Gasteiger partial charge on any atom is 0.266 e. The molecule has 1 aliphatic heterocycles. The molecule has 1 aromatic carbocycles. The molecule has 1 amide bonds. The van der Waals surface area contributed by atoms with E-state index in [4.69, 9.17) is 11.6 Å². The van der Waals surface area contributed by atoms with Gasteiger partial charge in [0.15, 0.2) is 5.82 Å². The number of amides is 1. The molecule has 2 aromatic heterocycles. The van der Waals surface area contributed by atoms with E-state index in [1.54, 1.807) is 6.92 Å². The summed E-state index contributed by atoms with van der Waals surface area (Å²) in [5.41, 5.74) is 1.13. The lowest BCUT2D eigenvalue weighted by atomic mass is 10.1. The lowest BCUT2D eigenvalue weighted by Crippen LogP contribution is -2.25. The number of hydrogen-bond donors (Lipinski definition) is 2. The van der Waals surface area contributed by atoms with Crippen molar-refractivity contribution in [2.75, 3.05) is 34.3 Å². The summed E-state index contributed by atoms with van der Waals surface area (Å²) in [5, 5.41) is 2.85. The molecule has 186 valence electrons. The first-order valence-electron chi connectivity index (χ1n) is 10.3. The number of carbonyl (C=O) groups excluding carboxylic acids is 1. The van der Waals surface area contributed by atoms with Crippen LogP contribution in [0.3, 0.4) is 0 Å². The van der Waals surface area contributed by atoms with E-state index >= 15 is 0 Å². The Morgan fingerprint density at radius 3 is 2.54 bits per heavy atom. The second-order valence-electron chi connectivity index (χ2n) is 8.19. The predicted octanol–water partition coefficient (Wildman–Crippen LogP) is 5.38. The molecule has 7 nitrogen and oxygen atoms in total. The topological polar surface area (TPSA) is 91.4 Å². The van der Waals surface area contributed by atoms with Crippen LogP contribution in [0.25, 0.3) is 11.3 Å². The van der Waals surface area contributed by atoms with Crippen LogP contribution in [-0.2, 0) is 10.0 Å². The van der Waals surface area contributed by atoms with E-state index < -0.39 is 34.2 Å². The van der Waals surface area contributed by atoms with Gasteiger partial charge in [-0.3, -0.25) is 14.5 Å². The highest BCUT2D eigenvalue weighted by atomic mass is 35.5. The number of nitrogens with one attached hydrogen (secondary N) is 2. The van der Waals surface area contributed by atoms with Crippen molar-refractivity contribution in [2.45, 2.75) is 19.3 Å². The first-order valence-corrected chi connectivity index (χ1v) is 13.4. The number of alkyl halides is 2. The van der Waals surface area contributed by atoms with Crippen molar-refractivity contribution in [3.63, 3.8) is 0 Å². The molecule has 0 saturated carbocycles. The van der Waals surface area contributed by atoms with Crippen molar-refractivity contribution in [3.8, 4) is 11.3 Å². The van der Waals surface area contributed by atoms with Gasteiger partial charge in [0.1, 0.15) is 5.69 Å². The van der Waals surface area contributed by atoms with Crippen LogP contribution in [-0.4, -0.2) is 44.6 Å². The minimum Gasteiger partial charge on any atom is -0.364 e. The Balaban J connectivity index is 1.55. The average Bonchev–Trinajstić information content (AvgIpc) is 3.28. The van der Waals surface area contributed by atoms with Crippen LogP contribution in [0.15, 0.2) is 36.5 Å². The SMILES string of the molecule is Cc1sc(C(=O)Nc2cc(Cl)cc(NS(C)(=O)=O)c2)cc1-c1ncc(N2CCC(F)(F)C2)cc1F. The van der Waals surface area contributed by atoms with E-state index in [1.807, 2.05) is 0 Å². The molecule has 13 heteroatoms. The summed E-state index contributed by atoms with van der Waals surface area (Å²) in [4.78, 5) is 19.2. The zero-order valence-corrected chi connectivity index (χ0v) is 20.9. The van der Waals surface area contributed by atoms with Crippen LogP contribution in [0.4, 0.5) is 30.2 Å². The number of anilines is 3. The highest BCUT2D eigenvalue weighted by molar-refractivity contribution is 7.92. The fraction of sp³-hybridized carbons (Fsp3) is 0.273. The van der Waals surface area contributed by atoms with E-state index in [1.165, 1.54) is 41.4 Å². The number of hydrogen-bond acceptors (Lipinski definition) is 6. The second-order valence-corrected chi connectivity index (χ2v) is 11.6. The Bertz CT molecular complexity index is 1410. The predicted molar refractivity (Wildman–Crippen MR) is 132 cm³/mol. The Kier molecular flexibility index (Phi) is 6.73. The molecule has 0 atom stereocenters. The van der Waals surface area contributed by atoms with Gasteiger partial charge in [0.2, 0.25) is 10.0 Å². The van der Waals surface area contributed by atoms with Crippen LogP contribution in [0.2, 0.25) is 5.02 Å². The molecule has 0 bridgehead atoms. The molecular formula is C22H20ClF3N4O3S2. The minimum absolute atomic E-state index is 0.00917. The normalized spacial score (nSPS) is 15.3. The Morgan fingerprint density at radius 2 is 1.91 bits per heavy atom. The number of sulfonamides is 1. The molecule has 1 fully saturated rings. The number of aromatic nitrogens is 1. The van der Waals surface area contributed by atoms with Gasteiger partial charge in [0.05, 0.1) is 35.2 Å². The van der Waals surface area contributed by atoms with Crippen molar-refractivity contribution >= 4 is 55.9 Å². The lowest BCUT2D eigenvalue weighted by molar-refractivity contribution is 0.0257. The molecule has 3 heterocycles. The van der Waals surface area contributed by atoms with Gasteiger partial charge in [-0.15, -0.1) is 11.3 Å². The molecule has 0 radical (unpaired) electrons. The van der Waals surface area contributed by atoms with Crippen molar-refractivity contribution in [1.82, 2.24) is 4.98 Å².